The highest BCUT2D eigenvalue weighted by atomic mass is 127. The molecule has 1 N–H and O–H groups in total. The van der Waals surface area contributed by atoms with E-state index in [1.807, 2.05) is 28.9 Å². The normalized spacial score (nSPS) is 18.7. The van der Waals surface area contributed by atoms with Gasteiger partial charge < -0.3 is 15.1 Å². The van der Waals surface area contributed by atoms with Gasteiger partial charge in [0, 0.05) is 32.4 Å². The van der Waals surface area contributed by atoms with Crippen LogP contribution in [-0.2, 0) is 11.3 Å². The predicted molar refractivity (Wildman–Crippen MR) is 101 cm³/mol. The number of carbonyl (C=O) groups is 1. The highest BCUT2D eigenvalue weighted by Crippen LogP contribution is 2.28. The van der Waals surface area contributed by atoms with Gasteiger partial charge in [-0.3, -0.25) is 14.8 Å². The number of piperazine rings is 1. The van der Waals surface area contributed by atoms with Gasteiger partial charge in [0.15, 0.2) is 5.96 Å². The second-order valence-corrected chi connectivity index (χ2v) is 5.91. The molecule has 23 heavy (non-hydrogen) atoms. The Morgan fingerprint density at radius 2 is 2.22 bits per heavy atom. The summed E-state index contributed by atoms with van der Waals surface area (Å²) < 4.78 is 0. The van der Waals surface area contributed by atoms with Crippen LogP contribution in [0.15, 0.2) is 23.3 Å². The Morgan fingerprint density at radius 1 is 1.43 bits per heavy atom. The van der Waals surface area contributed by atoms with Gasteiger partial charge in [0.1, 0.15) is 0 Å². The molecule has 1 aromatic heterocycles. The minimum atomic E-state index is 0. The topological polar surface area (TPSA) is 60.8 Å². The summed E-state index contributed by atoms with van der Waals surface area (Å²) in [5, 5.41) is 3.32. The van der Waals surface area contributed by atoms with Gasteiger partial charge >= 0.3 is 0 Å². The van der Waals surface area contributed by atoms with Crippen molar-refractivity contribution in [3.63, 3.8) is 0 Å². The van der Waals surface area contributed by atoms with E-state index in [-0.39, 0.29) is 29.9 Å². The number of hydrogen-bond acceptors (Lipinski definition) is 3. The summed E-state index contributed by atoms with van der Waals surface area (Å²) in [4.78, 5) is 25.0. The molecule has 1 saturated carbocycles. The first-order valence-corrected chi connectivity index (χ1v) is 7.84. The van der Waals surface area contributed by atoms with Crippen LogP contribution in [0.4, 0.5) is 0 Å². The Hall–Kier alpha value is -1.38. The first-order valence-electron chi connectivity index (χ1n) is 7.84. The van der Waals surface area contributed by atoms with Crippen LogP contribution in [0.2, 0.25) is 0 Å². The van der Waals surface area contributed by atoms with Gasteiger partial charge in [-0.2, -0.15) is 0 Å². The number of carbonyl (C=O) groups excluding carboxylic acids is 1. The number of aliphatic imine (C=N–C) groups is 1. The largest absolute Gasteiger partial charge is 0.351 e. The first-order chi connectivity index (χ1) is 10.7. The van der Waals surface area contributed by atoms with Crippen molar-refractivity contribution in [2.75, 3.05) is 26.7 Å². The third-order valence-corrected chi connectivity index (χ3v) is 4.29. The highest BCUT2D eigenvalue weighted by Gasteiger charge is 2.36. The monoisotopic (exact) mass is 429 g/mol. The van der Waals surface area contributed by atoms with E-state index < -0.39 is 0 Å². The van der Waals surface area contributed by atoms with Crippen molar-refractivity contribution < 1.29 is 4.79 Å². The van der Waals surface area contributed by atoms with Crippen LogP contribution in [0.25, 0.3) is 0 Å². The van der Waals surface area contributed by atoms with Gasteiger partial charge in [-0.1, -0.05) is 6.07 Å². The molecule has 0 unspecified atom stereocenters. The molecule has 1 aliphatic carbocycles. The Bertz CT molecular complexity index is 588. The van der Waals surface area contributed by atoms with Crippen molar-refractivity contribution in [3.8, 4) is 0 Å². The summed E-state index contributed by atoms with van der Waals surface area (Å²) >= 11 is 0. The SMILES string of the molecule is CN=C(NCc1ncccc1C)N1CCN(C2CC2)C(=O)C1.I. The van der Waals surface area contributed by atoms with Gasteiger partial charge in [0.2, 0.25) is 5.91 Å². The molecule has 126 valence electrons. The quantitative estimate of drug-likeness (QED) is 0.448. The second-order valence-electron chi connectivity index (χ2n) is 5.91. The van der Waals surface area contributed by atoms with Crippen LogP contribution in [0, 0.1) is 6.92 Å². The number of rotatable bonds is 3. The maximum atomic E-state index is 12.2. The number of nitrogens with one attached hydrogen (secondary N) is 1. The molecule has 1 aliphatic heterocycles. The molecule has 0 aromatic carbocycles. The molecule has 0 radical (unpaired) electrons. The number of aryl methyl sites for hydroxylation is 1. The Labute approximate surface area is 154 Å². The first kappa shape index (κ1) is 18.0. The zero-order chi connectivity index (χ0) is 15.5. The van der Waals surface area contributed by atoms with Crippen molar-refractivity contribution in [2.24, 2.45) is 4.99 Å². The summed E-state index contributed by atoms with van der Waals surface area (Å²) in [7, 11) is 1.76. The molecular weight excluding hydrogens is 405 g/mol. The minimum absolute atomic E-state index is 0. The van der Waals surface area contributed by atoms with Crippen molar-refractivity contribution in [1.82, 2.24) is 20.1 Å². The number of aromatic nitrogens is 1. The van der Waals surface area contributed by atoms with Crippen LogP contribution >= 0.6 is 24.0 Å². The molecular formula is C16H24IN5O. The third-order valence-electron chi connectivity index (χ3n) is 4.29. The van der Waals surface area contributed by atoms with E-state index in [0.29, 0.717) is 19.1 Å². The maximum absolute atomic E-state index is 12.2. The van der Waals surface area contributed by atoms with Crippen molar-refractivity contribution >= 4 is 35.8 Å². The van der Waals surface area contributed by atoms with Gasteiger partial charge in [0.25, 0.3) is 0 Å². The summed E-state index contributed by atoms with van der Waals surface area (Å²) in [6.07, 6.45) is 4.13. The lowest BCUT2D eigenvalue weighted by atomic mass is 10.2. The van der Waals surface area contributed by atoms with Crippen LogP contribution in [0.1, 0.15) is 24.1 Å². The van der Waals surface area contributed by atoms with Crippen LogP contribution in [-0.4, -0.2) is 59.4 Å². The molecule has 6 nitrogen and oxygen atoms in total. The van der Waals surface area contributed by atoms with Crippen molar-refractivity contribution in [3.05, 3.63) is 29.6 Å². The molecule has 2 aliphatic rings. The minimum Gasteiger partial charge on any atom is -0.351 e. The Morgan fingerprint density at radius 3 is 2.83 bits per heavy atom. The number of hydrogen-bond donors (Lipinski definition) is 1. The van der Waals surface area contributed by atoms with Gasteiger partial charge in [-0.25, -0.2) is 0 Å². The molecule has 0 spiro atoms. The highest BCUT2D eigenvalue weighted by molar-refractivity contribution is 14.0. The number of halogens is 1. The fourth-order valence-corrected chi connectivity index (χ4v) is 2.84. The summed E-state index contributed by atoms with van der Waals surface area (Å²) in [5.74, 6) is 0.986. The standard InChI is InChI=1S/C16H23N5O.HI/c1-12-4-3-7-18-14(12)10-19-16(17-2)20-8-9-21(13-5-6-13)15(22)11-20;/h3-4,7,13H,5-6,8-11H2,1-2H3,(H,17,19);1H. The van der Waals surface area contributed by atoms with Gasteiger partial charge in [-0.05, 0) is 31.4 Å². The number of amides is 1. The van der Waals surface area contributed by atoms with E-state index in [2.05, 4.69) is 15.3 Å². The molecule has 1 aromatic rings. The fourth-order valence-electron chi connectivity index (χ4n) is 2.84. The summed E-state index contributed by atoms with van der Waals surface area (Å²) in [6.45, 7) is 4.72. The van der Waals surface area contributed by atoms with E-state index in [1.54, 1.807) is 13.2 Å². The molecule has 7 heteroatoms. The molecule has 2 fully saturated rings. The number of pyridine rings is 1. The average Bonchev–Trinajstić information content (AvgIpc) is 3.34. The van der Waals surface area contributed by atoms with E-state index in [1.165, 1.54) is 0 Å². The second kappa shape index (κ2) is 7.94. The molecule has 2 heterocycles. The van der Waals surface area contributed by atoms with Crippen molar-refractivity contribution in [1.29, 1.82) is 0 Å². The zero-order valence-corrected chi connectivity index (χ0v) is 16.0. The molecule has 1 saturated heterocycles. The molecule has 0 bridgehead atoms. The summed E-state index contributed by atoms with van der Waals surface area (Å²) in [6, 6.07) is 4.48. The molecule has 0 atom stereocenters. The van der Waals surface area contributed by atoms with Crippen molar-refractivity contribution in [2.45, 2.75) is 32.4 Å². The number of guanidine groups is 1. The molecule has 1 amide bonds. The zero-order valence-electron chi connectivity index (χ0n) is 13.7. The fraction of sp³-hybridized carbons (Fsp3) is 0.562. The lowest BCUT2D eigenvalue weighted by Gasteiger charge is -2.36. The predicted octanol–water partition coefficient (Wildman–Crippen LogP) is 1.39. The van der Waals surface area contributed by atoms with E-state index in [0.717, 1.165) is 43.1 Å². The maximum Gasteiger partial charge on any atom is 0.242 e. The molecule has 3 rings (SSSR count). The van der Waals surface area contributed by atoms with Gasteiger partial charge in [-0.15, -0.1) is 24.0 Å². The third kappa shape index (κ3) is 4.33. The smallest absolute Gasteiger partial charge is 0.242 e. The lowest BCUT2D eigenvalue weighted by Crippen LogP contribution is -2.55. The Kier molecular flexibility index (Phi) is 6.20. The Balaban J connectivity index is 0.00000192. The number of nitrogens with zero attached hydrogens (tertiary/aromatic N) is 4. The van der Waals surface area contributed by atoms with E-state index >= 15 is 0 Å². The van der Waals surface area contributed by atoms with Crippen LogP contribution in [0.3, 0.4) is 0 Å². The van der Waals surface area contributed by atoms with Gasteiger partial charge in [0.05, 0.1) is 18.8 Å². The van der Waals surface area contributed by atoms with E-state index in [4.69, 9.17) is 0 Å². The van der Waals surface area contributed by atoms with Crippen LogP contribution in [0.5, 0.6) is 0 Å². The average molecular weight is 429 g/mol. The summed E-state index contributed by atoms with van der Waals surface area (Å²) in [5.41, 5.74) is 2.16. The van der Waals surface area contributed by atoms with E-state index in [9.17, 15) is 4.79 Å². The lowest BCUT2D eigenvalue weighted by molar-refractivity contribution is -0.135. The van der Waals surface area contributed by atoms with Crippen LogP contribution < -0.4 is 5.32 Å².